The van der Waals surface area contributed by atoms with E-state index < -0.39 is 39.7 Å². The molecule has 5 nitrogen and oxygen atoms in total. The van der Waals surface area contributed by atoms with Gasteiger partial charge in [0.15, 0.2) is 23.1 Å². The summed E-state index contributed by atoms with van der Waals surface area (Å²) < 4.78 is 39.5. The highest BCUT2D eigenvalue weighted by Crippen LogP contribution is 2.38. The first-order valence-corrected chi connectivity index (χ1v) is 9.46. The van der Waals surface area contributed by atoms with Crippen molar-refractivity contribution in [3.8, 4) is 17.0 Å². The van der Waals surface area contributed by atoms with Crippen LogP contribution >= 0.6 is 34.8 Å². The molecule has 10 heteroatoms. The summed E-state index contributed by atoms with van der Waals surface area (Å²) in [6.07, 6.45) is 0. The van der Waals surface area contributed by atoms with Crippen molar-refractivity contribution in [2.24, 2.45) is 0 Å². The summed E-state index contributed by atoms with van der Waals surface area (Å²) in [6.45, 7) is -0.121. The van der Waals surface area contributed by atoms with E-state index in [0.717, 1.165) is 0 Å². The molecule has 0 atom stereocenters. The molecular formula is C20H13Cl3F2N2O3. The van der Waals surface area contributed by atoms with Gasteiger partial charge in [0.25, 0.3) is 0 Å². The third-order valence-corrected chi connectivity index (χ3v) is 5.03. The van der Waals surface area contributed by atoms with E-state index in [0.29, 0.717) is 10.6 Å². The zero-order valence-corrected chi connectivity index (χ0v) is 17.6. The van der Waals surface area contributed by atoms with Gasteiger partial charge in [0, 0.05) is 10.6 Å². The number of hydrogen-bond donors (Lipinski definition) is 1. The molecule has 2 aromatic carbocycles. The predicted molar refractivity (Wildman–Crippen MR) is 111 cm³/mol. The van der Waals surface area contributed by atoms with Crippen molar-refractivity contribution in [2.45, 2.75) is 6.61 Å². The first kappa shape index (κ1) is 22.1. The van der Waals surface area contributed by atoms with Gasteiger partial charge in [-0.15, -0.1) is 0 Å². The molecule has 3 aromatic rings. The molecule has 0 fully saturated rings. The molecule has 0 amide bonds. The molecule has 2 N–H and O–H groups in total. The van der Waals surface area contributed by atoms with E-state index >= 15 is 0 Å². The fraction of sp³-hybridized carbons (Fsp3) is 0.100. The van der Waals surface area contributed by atoms with Crippen LogP contribution in [0.15, 0.2) is 36.4 Å². The fourth-order valence-corrected chi connectivity index (χ4v) is 3.13. The molecular weight excluding hydrogens is 461 g/mol. The van der Waals surface area contributed by atoms with E-state index in [1.165, 1.54) is 19.2 Å². The molecule has 0 saturated carbocycles. The first-order valence-electron chi connectivity index (χ1n) is 8.33. The number of nitrogen functional groups attached to an aromatic ring is 1. The van der Waals surface area contributed by atoms with E-state index in [4.69, 9.17) is 50.0 Å². The summed E-state index contributed by atoms with van der Waals surface area (Å²) in [6, 6.07) is 9.04. The number of rotatable bonds is 5. The highest BCUT2D eigenvalue weighted by Gasteiger charge is 2.26. The van der Waals surface area contributed by atoms with Crippen LogP contribution in [0, 0.1) is 11.6 Å². The topological polar surface area (TPSA) is 74.4 Å². The van der Waals surface area contributed by atoms with Gasteiger partial charge in [0.05, 0.1) is 22.8 Å². The lowest BCUT2D eigenvalue weighted by Gasteiger charge is -2.13. The summed E-state index contributed by atoms with van der Waals surface area (Å²) in [5, 5.41) is 0.0496. The van der Waals surface area contributed by atoms with Crippen LogP contribution in [0.4, 0.5) is 14.5 Å². The number of anilines is 1. The summed E-state index contributed by atoms with van der Waals surface area (Å²) in [5.41, 5.74) is 4.43. The van der Waals surface area contributed by atoms with Crippen LogP contribution in [0.3, 0.4) is 0 Å². The second-order valence-corrected chi connectivity index (χ2v) is 7.22. The van der Waals surface area contributed by atoms with Gasteiger partial charge in [-0.05, 0) is 29.8 Å². The number of ether oxygens (including phenoxy) is 2. The average molecular weight is 474 g/mol. The quantitative estimate of drug-likeness (QED) is 0.465. The van der Waals surface area contributed by atoms with Crippen molar-refractivity contribution in [3.05, 3.63) is 74.4 Å². The maximum absolute atomic E-state index is 14.7. The predicted octanol–water partition coefficient (Wildman–Crippen LogP) is 5.93. The number of nitrogens with zero attached hydrogens (tertiary/aromatic N) is 1. The first-order chi connectivity index (χ1) is 14.2. The van der Waals surface area contributed by atoms with Crippen molar-refractivity contribution in [3.63, 3.8) is 0 Å². The number of halogens is 5. The number of pyridine rings is 1. The van der Waals surface area contributed by atoms with E-state index in [9.17, 15) is 13.6 Å². The van der Waals surface area contributed by atoms with Crippen molar-refractivity contribution in [1.82, 2.24) is 4.98 Å². The molecule has 0 unspecified atom stereocenters. The van der Waals surface area contributed by atoms with Crippen LogP contribution in [-0.2, 0) is 11.3 Å². The Hall–Kier alpha value is -2.61. The average Bonchev–Trinajstić information content (AvgIpc) is 2.73. The maximum atomic E-state index is 14.7. The van der Waals surface area contributed by atoms with Crippen molar-refractivity contribution in [1.29, 1.82) is 0 Å². The molecule has 3 rings (SSSR count). The van der Waals surface area contributed by atoms with Gasteiger partial charge in [0.1, 0.15) is 12.3 Å². The van der Waals surface area contributed by atoms with E-state index in [1.807, 2.05) is 0 Å². The number of carbonyl (C=O) groups excluding carboxylic acids is 1. The number of carbonyl (C=O) groups is 1. The number of aromatic nitrogens is 1. The van der Waals surface area contributed by atoms with Crippen molar-refractivity contribution in [2.75, 3.05) is 12.8 Å². The Kier molecular flexibility index (Phi) is 6.65. The molecule has 0 saturated heterocycles. The monoisotopic (exact) mass is 472 g/mol. The molecule has 1 aromatic heterocycles. The summed E-state index contributed by atoms with van der Waals surface area (Å²) in [5.74, 6) is -3.35. The zero-order chi connectivity index (χ0) is 22.0. The highest BCUT2D eigenvalue weighted by atomic mass is 35.5. The third kappa shape index (κ3) is 4.28. The second-order valence-electron chi connectivity index (χ2n) is 6.00. The molecule has 0 aliphatic heterocycles. The standard InChI is InChI=1S/C20H13Cl3F2N2O3/c1-29-19-12(22)7-6-11(14(19)24)17-15(25)16(26)13(23)18(27-17)20(28)30-8-9-2-4-10(21)5-3-9/h2-7H,8H2,1H3,(H2,26,27). The van der Waals surface area contributed by atoms with Gasteiger partial charge >= 0.3 is 5.97 Å². The van der Waals surface area contributed by atoms with E-state index in [-0.39, 0.29) is 22.9 Å². The van der Waals surface area contributed by atoms with Gasteiger partial charge in [-0.2, -0.15) is 0 Å². The van der Waals surface area contributed by atoms with Crippen molar-refractivity contribution >= 4 is 46.5 Å². The number of methoxy groups -OCH3 is 1. The Morgan fingerprint density at radius 2 is 1.73 bits per heavy atom. The van der Waals surface area contributed by atoms with Crippen LogP contribution in [0.5, 0.6) is 5.75 Å². The highest BCUT2D eigenvalue weighted by molar-refractivity contribution is 6.36. The smallest absolute Gasteiger partial charge is 0.358 e. The van der Waals surface area contributed by atoms with Crippen LogP contribution in [0.2, 0.25) is 15.1 Å². The lowest BCUT2D eigenvalue weighted by molar-refractivity contribution is 0.0466. The summed E-state index contributed by atoms with van der Waals surface area (Å²) in [4.78, 5) is 16.4. The second kappa shape index (κ2) is 9.04. The number of esters is 1. The van der Waals surface area contributed by atoms with Crippen LogP contribution in [-0.4, -0.2) is 18.1 Å². The molecule has 30 heavy (non-hydrogen) atoms. The minimum absolute atomic E-state index is 0.0244. The summed E-state index contributed by atoms with van der Waals surface area (Å²) in [7, 11) is 1.20. The molecule has 1 heterocycles. The zero-order valence-electron chi connectivity index (χ0n) is 15.3. The Morgan fingerprint density at radius 3 is 2.37 bits per heavy atom. The molecule has 0 spiro atoms. The Labute approximate surface area is 185 Å². The fourth-order valence-electron chi connectivity index (χ4n) is 2.58. The van der Waals surface area contributed by atoms with Crippen LogP contribution in [0.1, 0.15) is 16.1 Å². The molecule has 0 aliphatic rings. The van der Waals surface area contributed by atoms with E-state index in [1.54, 1.807) is 24.3 Å². The minimum atomic E-state index is -1.10. The van der Waals surface area contributed by atoms with Gasteiger partial charge in [0.2, 0.25) is 0 Å². The molecule has 0 aliphatic carbocycles. The number of nitrogens with two attached hydrogens (primary N) is 1. The third-order valence-electron chi connectivity index (χ3n) is 4.10. The van der Waals surface area contributed by atoms with Gasteiger partial charge in [-0.1, -0.05) is 46.9 Å². The molecule has 0 radical (unpaired) electrons. The number of benzene rings is 2. The van der Waals surface area contributed by atoms with E-state index in [2.05, 4.69) is 4.98 Å². The van der Waals surface area contributed by atoms with Crippen LogP contribution < -0.4 is 10.5 Å². The Balaban J connectivity index is 2.00. The normalized spacial score (nSPS) is 10.7. The van der Waals surface area contributed by atoms with Crippen molar-refractivity contribution < 1.29 is 23.0 Å². The van der Waals surface area contributed by atoms with Crippen LogP contribution in [0.25, 0.3) is 11.3 Å². The SMILES string of the molecule is COc1c(Cl)ccc(-c2nc(C(=O)OCc3ccc(Cl)cc3)c(Cl)c(N)c2F)c1F. The molecule has 0 bridgehead atoms. The van der Waals surface area contributed by atoms with Gasteiger partial charge < -0.3 is 15.2 Å². The minimum Gasteiger partial charge on any atom is -0.492 e. The largest absolute Gasteiger partial charge is 0.492 e. The maximum Gasteiger partial charge on any atom is 0.358 e. The van der Waals surface area contributed by atoms with Gasteiger partial charge in [-0.25, -0.2) is 18.6 Å². The molecule has 156 valence electrons. The Bertz CT molecular complexity index is 1130. The number of hydrogen-bond acceptors (Lipinski definition) is 5. The summed E-state index contributed by atoms with van der Waals surface area (Å²) >= 11 is 17.7. The lowest BCUT2D eigenvalue weighted by Crippen LogP contribution is -2.12. The Morgan fingerprint density at radius 1 is 1.07 bits per heavy atom. The lowest BCUT2D eigenvalue weighted by atomic mass is 10.1. The van der Waals surface area contributed by atoms with Gasteiger partial charge in [-0.3, -0.25) is 0 Å².